The van der Waals surface area contributed by atoms with Gasteiger partial charge in [-0.1, -0.05) is 17.7 Å². The number of rotatable bonds is 3. The molecule has 0 saturated carbocycles. The summed E-state index contributed by atoms with van der Waals surface area (Å²) in [6, 6.07) is 0.687. The molecule has 0 aromatic carbocycles. The molecule has 0 aliphatic carbocycles. The third-order valence-electron chi connectivity index (χ3n) is 2.38. The first-order chi connectivity index (χ1) is 5.84. The highest BCUT2D eigenvalue weighted by atomic mass is 35.5. The van der Waals surface area contributed by atoms with Crippen molar-refractivity contribution in [1.29, 1.82) is 0 Å². The molecule has 12 heavy (non-hydrogen) atoms. The number of nitrogens with one attached hydrogen (secondary N) is 1. The Kier molecular flexibility index (Phi) is 4.66. The Balaban J connectivity index is 2.24. The van der Waals surface area contributed by atoms with Crippen LogP contribution in [0, 0.1) is 0 Å². The average molecular weight is 189 g/mol. The molecule has 1 heterocycles. The molecule has 1 fully saturated rings. The number of hydrogen-bond acceptors (Lipinski definition) is 2. The molecule has 1 unspecified atom stereocenters. The van der Waals surface area contributed by atoms with Gasteiger partial charge in [0.25, 0.3) is 0 Å². The molecule has 3 heteroatoms. The SMILES string of the molecule is CN(CC=CCl)C1CCCNC1. The van der Waals surface area contributed by atoms with Gasteiger partial charge in [-0.2, -0.15) is 0 Å². The van der Waals surface area contributed by atoms with Gasteiger partial charge in [0, 0.05) is 24.7 Å². The van der Waals surface area contributed by atoms with Crippen molar-refractivity contribution >= 4 is 11.6 Å². The standard InChI is InChI=1S/C9H17ClN2/c1-12(7-3-5-10)9-4-2-6-11-8-9/h3,5,9,11H,2,4,6-8H2,1H3. The third-order valence-corrected chi connectivity index (χ3v) is 2.55. The van der Waals surface area contributed by atoms with E-state index in [4.69, 9.17) is 11.6 Å². The average Bonchev–Trinajstić information content (AvgIpc) is 2.15. The van der Waals surface area contributed by atoms with Crippen molar-refractivity contribution in [2.75, 3.05) is 26.7 Å². The van der Waals surface area contributed by atoms with Gasteiger partial charge in [0.1, 0.15) is 0 Å². The highest BCUT2D eigenvalue weighted by Crippen LogP contribution is 2.07. The van der Waals surface area contributed by atoms with Crippen molar-refractivity contribution in [2.24, 2.45) is 0 Å². The zero-order valence-corrected chi connectivity index (χ0v) is 8.35. The van der Waals surface area contributed by atoms with Crippen molar-refractivity contribution < 1.29 is 0 Å². The summed E-state index contributed by atoms with van der Waals surface area (Å²) in [7, 11) is 2.15. The van der Waals surface area contributed by atoms with E-state index in [1.165, 1.54) is 19.4 Å². The molecule has 0 radical (unpaired) electrons. The minimum Gasteiger partial charge on any atom is -0.315 e. The molecule has 1 aliphatic heterocycles. The van der Waals surface area contributed by atoms with Crippen molar-refractivity contribution in [3.8, 4) is 0 Å². The summed E-state index contributed by atoms with van der Waals surface area (Å²) in [6.07, 6.45) is 4.58. The van der Waals surface area contributed by atoms with Gasteiger partial charge < -0.3 is 5.32 Å². The second-order valence-corrected chi connectivity index (χ2v) is 3.55. The summed E-state index contributed by atoms with van der Waals surface area (Å²) in [5.74, 6) is 0. The minimum absolute atomic E-state index is 0.687. The number of piperidine rings is 1. The molecule has 0 aromatic heterocycles. The predicted molar refractivity (Wildman–Crippen MR) is 53.5 cm³/mol. The van der Waals surface area contributed by atoms with E-state index in [0.29, 0.717) is 6.04 Å². The van der Waals surface area contributed by atoms with Crippen LogP contribution in [0.1, 0.15) is 12.8 Å². The highest BCUT2D eigenvalue weighted by Gasteiger charge is 2.15. The fourth-order valence-electron chi connectivity index (χ4n) is 1.56. The zero-order chi connectivity index (χ0) is 8.81. The summed E-state index contributed by atoms with van der Waals surface area (Å²) in [5, 5.41) is 3.39. The number of nitrogens with zero attached hydrogens (tertiary/aromatic N) is 1. The van der Waals surface area contributed by atoms with Gasteiger partial charge in [0.15, 0.2) is 0 Å². The smallest absolute Gasteiger partial charge is 0.0221 e. The molecule has 1 rings (SSSR count). The summed E-state index contributed by atoms with van der Waals surface area (Å²) in [4.78, 5) is 2.34. The number of hydrogen-bond donors (Lipinski definition) is 1. The maximum atomic E-state index is 5.46. The van der Waals surface area contributed by atoms with Gasteiger partial charge in [0.05, 0.1) is 0 Å². The quantitative estimate of drug-likeness (QED) is 0.721. The van der Waals surface area contributed by atoms with Crippen molar-refractivity contribution in [3.05, 3.63) is 11.6 Å². The lowest BCUT2D eigenvalue weighted by atomic mass is 10.1. The topological polar surface area (TPSA) is 15.3 Å². The maximum Gasteiger partial charge on any atom is 0.0221 e. The van der Waals surface area contributed by atoms with Crippen LogP contribution in [0.2, 0.25) is 0 Å². The lowest BCUT2D eigenvalue weighted by Gasteiger charge is -2.30. The Morgan fingerprint density at radius 1 is 1.67 bits per heavy atom. The summed E-state index contributed by atoms with van der Waals surface area (Å²) in [6.45, 7) is 3.25. The molecular formula is C9H17ClN2. The van der Waals surface area contributed by atoms with E-state index >= 15 is 0 Å². The Morgan fingerprint density at radius 3 is 3.08 bits per heavy atom. The first-order valence-corrected chi connectivity index (χ1v) is 4.94. The van der Waals surface area contributed by atoms with Gasteiger partial charge in [-0.3, -0.25) is 4.90 Å². The first-order valence-electron chi connectivity index (χ1n) is 4.51. The van der Waals surface area contributed by atoms with E-state index in [9.17, 15) is 0 Å². The molecule has 0 aromatic rings. The van der Waals surface area contributed by atoms with Crippen LogP contribution in [-0.4, -0.2) is 37.6 Å². The monoisotopic (exact) mass is 188 g/mol. The second kappa shape index (κ2) is 5.57. The van der Waals surface area contributed by atoms with Crippen LogP contribution in [0.15, 0.2) is 11.6 Å². The number of likely N-dealkylation sites (N-methyl/N-ethyl adjacent to an activating group) is 1. The molecule has 1 atom stereocenters. The molecule has 0 bridgehead atoms. The van der Waals surface area contributed by atoms with Crippen molar-refractivity contribution in [3.63, 3.8) is 0 Å². The van der Waals surface area contributed by atoms with E-state index in [1.807, 2.05) is 6.08 Å². The van der Waals surface area contributed by atoms with Gasteiger partial charge in [-0.15, -0.1) is 0 Å². The van der Waals surface area contributed by atoms with Gasteiger partial charge in [-0.25, -0.2) is 0 Å². The van der Waals surface area contributed by atoms with Crippen LogP contribution in [-0.2, 0) is 0 Å². The zero-order valence-electron chi connectivity index (χ0n) is 7.59. The van der Waals surface area contributed by atoms with E-state index in [-0.39, 0.29) is 0 Å². The fourth-order valence-corrected chi connectivity index (χ4v) is 1.64. The van der Waals surface area contributed by atoms with Crippen LogP contribution in [0.3, 0.4) is 0 Å². The first kappa shape index (κ1) is 10.0. The van der Waals surface area contributed by atoms with Crippen LogP contribution in [0.5, 0.6) is 0 Å². The van der Waals surface area contributed by atoms with E-state index in [0.717, 1.165) is 13.1 Å². The molecule has 1 aliphatic rings. The molecule has 0 spiro atoms. The van der Waals surface area contributed by atoms with Gasteiger partial charge >= 0.3 is 0 Å². The third kappa shape index (κ3) is 3.13. The van der Waals surface area contributed by atoms with E-state index < -0.39 is 0 Å². The van der Waals surface area contributed by atoms with Crippen LogP contribution in [0.25, 0.3) is 0 Å². The molecule has 70 valence electrons. The van der Waals surface area contributed by atoms with Gasteiger partial charge in [0.2, 0.25) is 0 Å². The van der Waals surface area contributed by atoms with E-state index in [1.54, 1.807) is 5.54 Å². The highest BCUT2D eigenvalue weighted by molar-refractivity contribution is 6.25. The summed E-state index contributed by atoms with van der Waals surface area (Å²) in [5.41, 5.74) is 1.59. The second-order valence-electron chi connectivity index (χ2n) is 3.30. The normalized spacial score (nSPS) is 25.4. The van der Waals surface area contributed by atoms with Gasteiger partial charge in [-0.05, 0) is 26.4 Å². The Hall–Kier alpha value is -0.0500. The summed E-state index contributed by atoms with van der Waals surface area (Å²) < 4.78 is 0. The van der Waals surface area contributed by atoms with Crippen molar-refractivity contribution in [2.45, 2.75) is 18.9 Å². The van der Waals surface area contributed by atoms with Crippen LogP contribution >= 0.6 is 11.6 Å². The molecular weight excluding hydrogens is 172 g/mol. The van der Waals surface area contributed by atoms with Crippen molar-refractivity contribution in [1.82, 2.24) is 10.2 Å². The minimum atomic E-state index is 0.687. The predicted octanol–water partition coefficient (Wildman–Crippen LogP) is 1.42. The molecule has 2 nitrogen and oxygen atoms in total. The molecule has 1 N–H and O–H groups in total. The Morgan fingerprint density at radius 2 is 2.50 bits per heavy atom. The molecule has 0 amide bonds. The van der Waals surface area contributed by atoms with Crippen LogP contribution < -0.4 is 5.32 Å². The lowest BCUT2D eigenvalue weighted by Crippen LogP contribution is -2.44. The Labute approximate surface area is 79.6 Å². The Bertz CT molecular complexity index is 141. The molecule has 1 saturated heterocycles. The number of halogens is 1. The maximum absolute atomic E-state index is 5.46. The largest absolute Gasteiger partial charge is 0.315 e. The summed E-state index contributed by atoms with van der Waals surface area (Å²) >= 11 is 5.46. The fraction of sp³-hybridized carbons (Fsp3) is 0.778. The lowest BCUT2D eigenvalue weighted by molar-refractivity contribution is 0.221. The van der Waals surface area contributed by atoms with E-state index in [2.05, 4.69) is 17.3 Å². The van der Waals surface area contributed by atoms with Crippen LogP contribution in [0.4, 0.5) is 0 Å².